The average Bonchev–Trinajstić information content (AvgIpc) is 3.20. The van der Waals surface area contributed by atoms with Crippen molar-refractivity contribution in [2.75, 3.05) is 5.32 Å². The van der Waals surface area contributed by atoms with Gasteiger partial charge in [-0.15, -0.1) is 11.3 Å². The molecule has 7 heteroatoms. The molecule has 2 heterocycles. The van der Waals surface area contributed by atoms with Crippen LogP contribution in [-0.4, -0.2) is 22.2 Å². The van der Waals surface area contributed by atoms with Gasteiger partial charge in [-0.25, -0.2) is 0 Å². The number of hydrogen-bond donors (Lipinski definition) is 2. The third kappa shape index (κ3) is 4.00. The molecule has 0 aliphatic rings. The van der Waals surface area contributed by atoms with Crippen LogP contribution in [0.2, 0.25) is 0 Å². The number of thiophene rings is 1. The number of aromatic nitrogens is 2. The standard InChI is InChI=1S/C16H14BrN3O2S/c1-10(22-12-6-4-11(17)5-7-12)16(21)18-15-9-13(19-20-15)14-3-2-8-23-14/h2-10H,1H3,(H2,18,19,20,21). The molecule has 0 spiro atoms. The van der Waals surface area contributed by atoms with E-state index in [1.54, 1.807) is 36.5 Å². The first-order chi connectivity index (χ1) is 11.1. The van der Waals surface area contributed by atoms with Gasteiger partial charge in [-0.2, -0.15) is 5.10 Å². The van der Waals surface area contributed by atoms with Gasteiger partial charge in [0.15, 0.2) is 11.9 Å². The van der Waals surface area contributed by atoms with Gasteiger partial charge in [0.2, 0.25) is 0 Å². The maximum atomic E-state index is 12.2. The van der Waals surface area contributed by atoms with Crippen molar-refractivity contribution in [2.45, 2.75) is 13.0 Å². The number of amides is 1. The Hall–Kier alpha value is -2.12. The van der Waals surface area contributed by atoms with Crippen molar-refractivity contribution in [1.29, 1.82) is 0 Å². The van der Waals surface area contributed by atoms with Crippen LogP contribution in [0.4, 0.5) is 5.82 Å². The third-order valence-corrected chi connectivity index (χ3v) is 4.54. The third-order valence-electron chi connectivity index (χ3n) is 3.11. The normalized spacial score (nSPS) is 11.9. The number of nitrogens with zero attached hydrogens (tertiary/aromatic N) is 1. The maximum Gasteiger partial charge on any atom is 0.266 e. The van der Waals surface area contributed by atoms with Gasteiger partial charge in [0.25, 0.3) is 5.91 Å². The largest absolute Gasteiger partial charge is 0.481 e. The summed E-state index contributed by atoms with van der Waals surface area (Å²) in [6, 6.07) is 13.1. The Morgan fingerprint density at radius 2 is 2.13 bits per heavy atom. The second-order valence-corrected chi connectivity index (χ2v) is 6.71. The molecule has 5 nitrogen and oxygen atoms in total. The van der Waals surface area contributed by atoms with Crippen LogP contribution < -0.4 is 10.1 Å². The lowest BCUT2D eigenvalue weighted by atomic mass is 10.3. The van der Waals surface area contributed by atoms with Crippen molar-refractivity contribution in [3.05, 3.63) is 52.3 Å². The summed E-state index contributed by atoms with van der Waals surface area (Å²) in [5.41, 5.74) is 0.872. The predicted molar refractivity (Wildman–Crippen MR) is 94.8 cm³/mol. The van der Waals surface area contributed by atoms with E-state index in [2.05, 4.69) is 31.4 Å². The number of rotatable bonds is 5. The number of carbonyl (C=O) groups excluding carboxylic acids is 1. The van der Waals surface area contributed by atoms with E-state index in [4.69, 9.17) is 4.74 Å². The van der Waals surface area contributed by atoms with Gasteiger partial charge in [0.1, 0.15) is 5.75 Å². The number of anilines is 1. The van der Waals surface area contributed by atoms with E-state index in [1.807, 2.05) is 29.6 Å². The number of ether oxygens (including phenoxy) is 1. The molecule has 0 saturated carbocycles. The zero-order chi connectivity index (χ0) is 16.2. The summed E-state index contributed by atoms with van der Waals surface area (Å²) >= 11 is 4.96. The van der Waals surface area contributed by atoms with E-state index in [-0.39, 0.29) is 5.91 Å². The lowest BCUT2D eigenvalue weighted by Crippen LogP contribution is -2.30. The fourth-order valence-electron chi connectivity index (χ4n) is 1.94. The number of H-pyrrole nitrogens is 1. The van der Waals surface area contributed by atoms with Crippen molar-refractivity contribution in [2.24, 2.45) is 0 Å². The fourth-order valence-corrected chi connectivity index (χ4v) is 2.90. The lowest BCUT2D eigenvalue weighted by molar-refractivity contribution is -0.122. The highest BCUT2D eigenvalue weighted by molar-refractivity contribution is 9.10. The number of halogens is 1. The Morgan fingerprint density at radius 1 is 1.35 bits per heavy atom. The van der Waals surface area contributed by atoms with Crippen LogP contribution in [-0.2, 0) is 4.79 Å². The minimum absolute atomic E-state index is 0.253. The topological polar surface area (TPSA) is 67.0 Å². The number of benzene rings is 1. The quantitative estimate of drug-likeness (QED) is 0.680. The van der Waals surface area contributed by atoms with Crippen LogP contribution in [0.1, 0.15) is 6.92 Å². The molecule has 23 heavy (non-hydrogen) atoms. The predicted octanol–water partition coefficient (Wildman–Crippen LogP) is 4.31. The molecule has 118 valence electrons. The highest BCUT2D eigenvalue weighted by Gasteiger charge is 2.16. The van der Waals surface area contributed by atoms with Crippen molar-refractivity contribution < 1.29 is 9.53 Å². The van der Waals surface area contributed by atoms with E-state index in [0.717, 1.165) is 15.0 Å². The molecule has 1 unspecified atom stereocenters. The van der Waals surface area contributed by atoms with Crippen molar-refractivity contribution >= 4 is 39.0 Å². The molecule has 1 amide bonds. The SMILES string of the molecule is CC(Oc1ccc(Br)cc1)C(=O)Nc1cc(-c2cccs2)[nH]n1. The second kappa shape index (κ2) is 6.97. The molecule has 2 N–H and O–H groups in total. The molecular formula is C16H14BrN3O2S. The first-order valence-corrected chi connectivity index (χ1v) is 8.61. The zero-order valence-corrected chi connectivity index (χ0v) is 14.6. The molecule has 3 rings (SSSR count). The summed E-state index contributed by atoms with van der Waals surface area (Å²) in [5.74, 6) is 0.860. The molecule has 0 radical (unpaired) electrons. The van der Waals surface area contributed by atoms with Gasteiger partial charge in [-0.1, -0.05) is 22.0 Å². The Labute approximate surface area is 145 Å². The molecule has 3 aromatic rings. The summed E-state index contributed by atoms with van der Waals surface area (Å²) in [4.78, 5) is 13.2. The van der Waals surface area contributed by atoms with Gasteiger partial charge < -0.3 is 10.1 Å². The first-order valence-electron chi connectivity index (χ1n) is 6.94. The molecule has 0 saturated heterocycles. The Kier molecular flexibility index (Phi) is 4.78. The second-order valence-electron chi connectivity index (χ2n) is 4.85. The highest BCUT2D eigenvalue weighted by atomic mass is 79.9. The molecule has 1 aromatic carbocycles. The fraction of sp³-hybridized carbons (Fsp3) is 0.125. The van der Waals surface area contributed by atoms with Gasteiger partial charge in [-0.3, -0.25) is 9.89 Å². The summed E-state index contributed by atoms with van der Waals surface area (Å²) in [6.07, 6.45) is -0.627. The summed E-state index contributed by atoms with van der Waals surface area (Å²) in [7, 11) is 0. The van der Waals surface area contributed by atoms with Crippen LogP contribution >= 0.6 is 27.3 Å². The number of aromatic amines is 1. The molecular weight excluding hydrogens is 378 g/mol. The van der Waals surface area contributed by atoms with Crippen molar-refractivity contribution in [3.63, 3.8) is 0 Å². The molecule has 0 bridgehead atoms. The van der Waals surface area contributed by atoms with Crippen molar-refractivity contribution in [1.82, 2.24) is 10.2 Å². The Bertz CT molecular complexity index is 784. The average molecular weight is 392 g/mol. The van der Waals surface area contributed by atoms with E-state index in [0.29, 0.717) is 11.6 Å². The molecule has 0 aliphatic carbocycles. The summed E-state index contributed by atoms with van der Waals surface area (Å²) < 4.78 is 6.57. The first kappa shape index (κ1) is 15.8. The highest BCUT2D eigenvalue weighted by Crippen LogP contribution is 2.24. The minimum atomic E-state index is -0.627. The number of nitrogens with one attached hydrogen (secondary N) is 2. The monoisotopic (exact) mass is 391 g/mol. The number of hydrogen-bond acceptors (Lipinski definition) is 4. The van der Waals surface area contributed by atoms with Crippen LogP contribution in [0.3, 0.4) is 0 Å². The van der Waals surface area contributed by atoms with Crippen molar-refractivity contribution in [3.8, 4) is 16.3 Å². The maximum absolute atomic E-state index is 12.2. The van der Waals surface area contributed by atoms with Crippen LogP contribution in [0.5, 0.6) is 5.75 Å². The van der Waals surface area contributed by atoms with Gasteiger partial charge in [-0.05, 0) is 42.6 Å². The zero-order valence-electron chi connectivity index (χ0n) is 12.2. The van der Waals surface area contributed by atoms with Gasteiger partial charge in [0, 0.05) is 10.5 Å². The summed E-state index contributed by atoms with van der Waals surface area (Å²) in [6.45, 7) is 1.70. The smallest absolute Gasteiger partial charge is 0.266 e. The Balaban J connectivity index is 1.61. The minimum Gasteiger partial charge on any atom is -0.481 e. The summed E-state index contributed by atoms with van der Waals surface area (Å²) in [5, 5.41) is 11.7. The van der Waals surface area contributed by atoms with Gasteiger partial charge in [0.05, 0.1) is 10.6 Å². The van der Waals surface area contributed by atoms with E-state index in [9.17, 15) is 4.79 Å². The molecule has 0 aliphatic heterocycles. The van der Waals surface area contributed by atoms with E-state index >= 15 is 0 Å². The Morgan fingerprint density at radius 3 is 2.83 bits per heavy atom. The van der Waals surface area contributed by atoms with Gasteiger partial charge >= 0.3 is 0 Å². The molecule has 1 atom stereocenters. The van der Waals surface area contributed by atoms with Crippen LogP contribution in [0, 0.1) is 0 Å². The molecule has 2 aromatic heterocycles. The molecule has 0 fully saturated rings. The van der Waals surface area contributed by atoms with E-state index in [1.165, 1.54) is 0 Å². The van der Waals surface area contributed by atoms with Crippen LogP contribution in [0.25, 0.3) is 10.6 Å². The lowest BCUT2D eigenvalue weighted by Gasteiger charge is -2.13. The van der Waals surface area contributed by atoms with E-state index < -0.39 is 6.10 Å². The number of carbonyl (C=O) groups is 1. The van der Waals surface area contributed by atoms with Crippen LogP contribution in [0.15, 0.2) is 52.3 Å².